The van der Waals surface area contributed by atoms with Crippen molar-refractivity contribution in [3.8, 4) is 33.4 Å². The number of benzene rings is 8. The van der Waals surface area contributed by atoms with Gasteiger partial charge in [-0.15, -0.1) is 0 Å². The van der Waals surface area contributed by atoms with Crippen LogP contribution in [0.2, 0.25) is 0 Å². The lowest BCUT2D eigenvalue weighted by Gasteiger charge is -2.28. The summed E-state index contributed by atoms with van der Waals surface area (Å²) >= 11 is 0. The smallest absolute Gasteiger partial charge is 0.136 e. The summed E-state index contributed by atoms with van der Waals surface area (Å²) in [6, 6.07) is 65.5. The fraction of sp³-hybridized carbons (Fsp3) is 0.0800. The van der Waals surface area contributed by atoms with Crippen LogP contribution in [0.3, 0.4) is 0 Å². The van der Waals surface area contributed by atoms with Crippen LogP contribution in [0.15, 0.2) is 186 Å². The molecule has 9 aromatic rings. The molecule has 0 aliphatic rings. The van der Waals surface area contributed by atoms with Crippen LogP contribution in [-0.4, -0.2) is 0 Å². The van der Waals surface area contributed by atoms with Crippen LogP contribution >= 0.6 is 0 Å². The first kappa shape index (κ1) is 31.6. The van der Waals surface area contributed by atoms with Gasteiger partial charge in [-0.3, -0.25) is 0 Å². The van der Waals surface area contributed by atoms with Crippen molar-refractivity contribution < 1.29 is 4.42 Å². The van der Waals surface area contributed by atoms with E-state index < -0.39 is 0 Å². The van der Waals surface area contributed by atoms with Gasteiger partial charge in [0, 0.05) is 27.7 Å². The molecule has 250 valence electrons. The van der Waals surface area contributed by atoms with Gasteiger partial charge in [0.15, 0.2) is 0 Å². The molecule has 0 saturated carbocycles. The Labute approximate surface area is 305 Å². The largest absolute Gasteiger partial charge is 0.456 e. The van der Waals surface area contributed by atoms with Crippen LogP contribution in [-0.2, 0) is 5.41 Å². The molecule has 0 aliphatic carbocycles. The Hall–Kier alpha value is -6.38. The van der Waals surface area contributed by atoms with E-state index in [1.54, 1.807) is 0 Å². The van der Waals surface area contributed by atoms with Crippen molar-refractivity contribution in [1.82, 2.24) is 0 Å². The monoisotopic (exact) mass is 669 g/mol. The third-order valence-corrected chi connectivity index (χ3v) is 10.3. The number of rotatable bonds is 6. The molecule has 0 radical (unpaired) electrons. The van der Waals surface area contributed by atoms with E-state index in [1.807, 2.05) is 0 Å². The maximum atomic E-state index is 6.51. The van der Waals surface area contributed by atoms with Crippen LogP contribution in [0.4, 0.5) is 17.1 Å². The Balaban J connectivity index is 1.23. The fourth-order valence-corrected chi connectivity index (χ4v) is 7.57. The number of fused-ring (bicyclic) bond motifs is 4. The van der Waals surface area contributed by atoms with Crippen LogP contribution in [0.1, 0.15) is 26.3 Å². The van der Waals surface area contributed by atoms with Crippen molar-refractivity contribution in [2.24, 2.45) is 0 Å². The Morgan fingerprint density at radius 2 is 1.02 bits per heavy atom. The molecule has 0 N–H and O–H groups in total. The van der Waals surface area contributed by atoms with Crippen molar-refractivity contribution in [2.75, 3.05) is 4.90 Å². The molecule has 0 aliphatic heterocycles. The van der Waals surface area contributed by atoms with Gasteiger partial charge in [0.1, 0.15) is 11.2 Å². The number of furan rings is 1. The first-order valence-electron chi connectivity index (χ1n) is 18.0. The van der Waals surface area contributed by atoms with Crippen molar-refractivity contribution in [3.63, 3.8) is 0 Å². The van der Waals surface area contributed by atoms with Crippen LogP contribution < -0.4 is 4.90 Å². The highest BCUT2D eigenvalue weighted by molar-refractivity contribution is 6.13. The van der Waals surface area contributed by atoms with Crippen LogP contribution in [0, 0.1) is 0 Å². The van der Waals surface area contributed by atoms with Crippen molar-refractivity contribution >= 4 is 49.8 Å². The van der Waals surface area contributed by atoms with Gasteiger partial charge in [-0.05, 0) is 92.0 Å². The second-order valence-electron chi connectivity index (χ2n) is 14.6. The molecular formula is C50H39NO. The third-order valence-electron chi connectivity index (χ3n) is 10.3. The predicted octanol–water partition coefficient (Wildman–Crippen LogP) is 14.5. The quantitative estimate of drug-likeness (QED) is 0.175. The van der Waals surface area contributed by atoms with Crippen molar-refractivity contribution in [3.05, 3.63) is 188 Å². The maximum Gasteiger partial charge on any atom is 0.136 e. The summed E-state index contributed by atoms with van der Waals surface area (Å²) in [4.78, 5) is 2.38. The van der Waals surface area contributed by atoms with E-state index in [-0.39, 0.29) is 5.41 Å². The minimum absolute atomic E-state index is 0.0916. The topological polar surface area (TPSA) is 16.4 Å². The lowest BCUT2D eigenvalue weighted by molar-refractivity contribution is 0.590. The minimum Gasteiger partial charge on any atom is -0.456 e. The number of anilines is 3. The summed E-state index contributed by atoms with van der Waals surface area (Å²) in [6.07, 6.45) is 0. The lowest BCUT2D eigenvalue weighted by Crippen LogP contribution is -2.11. The Morgan fingerprint density at radius 1 is 0.423 bits per heavy atom. The molecule has 1 heterocycles. The molecule has 0 atom stereocenters. The molecule has 1 aromatic heterocycles. The summed E-state index contributed by atoms with van der Waals surface area (Å²) in [7, 11) is 0. The Kier molecular flexibility index (Phi) is 7.74. The minimum atomic E-state index is 0.0916. The predicted molar refractivity (Wildman–Crippen MR) is 221 cm³/mol. The van der Waals surface area contributed by atoms with E-state index >= 15 is 0 Å². The average molecular weight is 670 g/mol. The molecule has 0 amide bonds. The SMILES string of the molecule is CC(C)(C)c1ccc(-c2cccc3oc4ccc(N(c5ccc(-c6cccc7ccccc67)cc5)c5ccccc5-c5ccccc5)cc4c23)cc1. The van der Waals surface area contributed by atoms with Gasteiger partial charge >= 0.3 is 0 Å². The highest BCUT2D eigenvalue weighted by Crippen LogP contribution is 2.45. The number of para-hydroxylation sites is 1. The van der Waals surface area contributed by atoms with Gasteiger partial charge in [-0.1, -0.05) is 160 Å². The lowest BCUT2D eigenvalue weighted by atomic mass is 9.86. The normalized spacial score (nSPS) is 11.8. The van der Waals surface area contributed by atoms with Gasteiger partial charge in [-0.25, -0.2) is 0 Å². The van der Waals surface area contributed by atoms with Crippen LogP contribution in [0.25, 0.3) is 66.1 Å². The van der Waals surface area contributed by atoms with Gasteiger partial charge in [0.2, 0.25) is 0 Å². The number of nitrogens with zero attached hydrogens (tertiary/aromatic N) is 1. The van der Waals surface area contributed by atoms with Gasteiger partial charge in [0.25, 0.3) is 0 Å². The second kappa shape index (κ2) is 12.7. The number of hydrogen-bond acceptors (Lipinski definition) is 2. The van der Waals surface area contributed by atoms with E-state index in [1.165, 1.54) is 44.2 Å². The molecule has 0 bridgehead atoms. The van der Waals surface area contributed by atoms with Crippen LogP contribution in [0.5, 0.6) is 0 Å². The Bertz CT molecular complexity index is 2690. The first-order valence-corrected chi connectivity index (χ1v) is 18.0. The molecule has 0 spiro atoms. The summed E-state index contributed by atoms with van der Waals surface area (Å²) in [6.45, 7) is 6.77. The molecular weight excluding hydrogens is 631 g/mol. The average Bonchev–Trinajstić information content (AvgIpc) is 3.57. The van der Waals surface area contributed by atoms with E-state index in [9.17, 15) is 0 Å². The summed E-state index contributed by atoms with van der Waals surface area (Å²) in [5.41, 5.74) is 13.5. The molecule has 8 aromatic carbocycles. The van der Waals surface area contributed by atoms with E-state index in [4.69, 9.17) is 4.42 Å². The zero-order chi connectivity index (χ0) is 35.2. The summed E-state index contributed by atoms with van der Waals surface area (Å²) in [5, 5.41) is 4.72. The zero-order valence-corrected chi connectivity index (χ0v) is 29.7. The Morgan fingerprint density at radius 3 is 1.83 bits per heavy atom. The van der Waals surface area contributed by atoms with Gasteiger partial charge in [0.05, 0.1) is 5.69 Å². The summed E-state index contributed by atoms with van der Waals surface area (Å²) < 4.78 is 6.51. The zero-order valence-electron chi connectivity index (χ0n) is 29.7. The van der Waals surface area contributed by atoms with Crippen molar-refractivity contribution in [2.45, 2.75) is 26.2 Å². The second-order valence-corrected chi connectivity index (χ2v) is 14.6. The highest BCUT2D eigenvalue weighted by atomic mass is 16.3. The van der Waals surface area contributed by atoms with Crippen molar-refractivity contribution in [1.29, 1.82) is 0 Å². The van der Waals surface area contributed by atoms with Gasteiger partial charge < -0.3 is 9.32 Å². The summed E-state index contributed by atoms with van der Waals surface area (Å²) in [5.74, 6) is 0. The van der Waals surface area contributed by atoms with Gasteiger partial charge in [-0.2, -0.15) is 0 Å². The maximum absolute atomic E-state index is 6.51. The molecule has 9 rings (SSSR count). The van der Waals surface area contributed by atoms with E-state index in [0.717, 1.165) is 44.6 Å². The molecule has 2 nitrogen and oxygen atoms in total. The molecule has 0 saturated heterocycles. The van der Waals surface area contributed by atoms with E-state index in [0.29, 0.717) is 0 Å². The highest BCUT2D eigenvalue weighted by Gasteiger charge is 2.21. The third kappa shape index (κ3) is 5.63. The molecule has 0 fully saturated rings. The standard InChI is InChI=1S/C50H39NO/c1-50(2,3)38-27-23-37(24-28-38)44-20-12-22-48-49(44)45-33-40(31-32-47(45)52-48)51(46-21-10-9-18-43(46)35-13-5-4-6-14-35)39-29-25-36(26-30-39)42-19-11-16-34-15-7-8-17-41(34)42/h4-33H,1-3H3. The fourth-order valence-electron chi connectivity index (χ4n) is 7.57. The van der Waals surface area contributed by atoms with E-state index in [2.05, 4.69) is 208 Å². The molecule has 2 heteroatoms. The molecule has 52 heavy (non-hydrogen) atoms. The number of hydrogen-bond donors (Lipinski definition) is 0. The molecule has 0 unspecified atom stereocenters. The first-order chi connectivity index (χ1) is 25.4.